The lowest BCUT2D eigenvalue weighted by molar-refractivity contribution is -0.207. The number of carbonyl (C=O) groups excluding carboxylic acids is 2. The van der Waals surface area contributed by atoms with Crippen LogP contribution in [-0.4, -0.2) is 30.3 Å². The number of hydrogen-bond acceptors (Lipinski definition) is 4. The summed E-state index contributed by atoms with van der Waals surface area (Å²) in [5, 5.41) is 3.73. The zero-order valence-electron chi connectivity index (χ0n) is 12.4. The molecule has 122 valence electrons. The maximum absolute atomic E-state index is 13.5. The highest BCUT2D eigenvalue weighted by atomic mass is 19.4. The lowest BCUT2D eigenvalue weighted by Gasteiger charge is -2.35. The number of anilines is 1. The number of alkyl halides is 3. The van der Waals surface area contributed by atoms with Crippen LogP contribution in [0.15, 0.2) is 24.3 Å². The highest BCUT2D eigenvalue weighted by Crippen LogP contribution is 2.33. The van der Waals surface area contributed by atoms with Gasteiger partial charge in [-0.15, -0.1) is 0 Å². The largest absolute Gasteiger partial charge is 0.463 e. The third-order valence-electron chi connectivity index (χ3n) is 2.84. The molecule has 0 aromatic heterocycles. The number of benzene rings is 1. The highest BCUT2D eigenvalue weighted by Gasteiger charge is 2.63. The van der Waals surface area contributed by atoms with Crippen molar-refractivity contribution in [3.8, 4) is 0 Å². The molecule has 8 heteroatoms. The number of rotatable bonds is 5. The van der Waals surface area contributed by atoms with E-state index in [1.807, 2.05) is 0 Å². The van der Waals surface area contributed by atoms with Crippen LogP contribution < -0.4 is 10.6 Å². The summed E-state index contributed by atoms with van der Waals surface area (Å²) < 4.78 is 45.2. The van der Waals surface area contributed by atoms with Gasteiger partial charge in [-0.3, -0.25) is 4.79 Å². The molecule has 1 rings (SSSR count). The summed E-state index contributed by atoms with van der Waals surface area (Å²) in [6.45, 7) is 3.58. The summed E-state index contributed by atoms with van der Waals surface area (Å²) in [5.41, 5.74) is -2.81. The molecule has 0 spiro atoms. The Labute approximate surface area is 125 Å². The lowest BCUT2D eigenvalue weighted by Crippen LogP contribution is -2.69. The lowest BCUT2D eigenvalue weighted by atomic mass is 10.1. The normalized spacial score (nSPS) is 13.9. The van der Waals surface area contributed by atoms with Gasteiger partial charge in [0.2, 0.25) is 5.91 Å². The topological polar surface area (TPSA) is 67.4 Å². The van der Waals surface area contributed by atoms with E-state index in [9.17, 15) is 22.8 Å². The molecule has 0 fully saturated rings. The van der Waals surface area contributed by atoms with Crippen molar-refractivity contribution in [3.05, 3.63) is 29.8 Å². The first-order valence-corrected chi connectivity index (χ1v) is 6.50. The molecule has 0 radical (unpaired) electrons. The number of carbonyl (C=O) groups is 2. The molecule has 0 aliphatic carbocycles. The third kappa shape index (κ3) is 3.69. The van der Waals surface area contributed by atoms with Crippen molar-refractivity contribution >= 4 is 17.6 Å². The molecule has 0 bridgehead atoms. The van der Waals surface area contributed by atoms with Gasteiger partial charge < -0.3 is 15.4 Å². The van der Waals surface area contributed by atoms with Gasteiger partial charge in [0.05, 0.1) is 6.61 Å². The van der Waals surface area contributed by atoms with E-state index in [-0.39, 0.29) is 12.3 Å². The minimum absolute atomic E-state index is 0.0571. The first kappa shape index (κ1) is 17.8. The third-order valence-corrected chi connectivity index (χ3v) is 2.84. The van der Waals surface area contributed by atoms with Crippen LogP contribution in [0.25, 0.3) is 0 Å². The average Bonchev–Trinajstić information content (AvgIpc) is 2.38. The van der Waals surface area contributed by atoms with Crippen LogP contribution in [0.5, 0.6) is 0 Å². The van der Waals surface area contributed by atoms with Gasteiger partial charge >= 0.3 is 17.8 Å². The van der Waals surface area contributed by atoms with Crippen LogP contribution in [0.3, 0.4) is 0 Å². The first-order chi connectivity index (χ1) is 10.1. The van der Waals surface area contributed by atoms with Crippen molar-refractivity contribution in [2.24, 2.45) is 0 Å². The Balaban J connectivity index is 3.38. The van der Waals surface area contributed by atoms with Crippen LogP contribution in [0.2, 0.25) is 0 Å². The smallest absolute Gasteiger partial charge is 0.441 e. The highest BCUT2D eigenvalue weighted by molar-refractivity contribution is 5.90. The summed E-state index contributed by atoms with van der Waals surface area (Å²) in [5.74, 6) is -2.65. The molecule has 0 saturated heterocycles. The molecule has 5 nitrogen and oxygen atoms in total. The van der Waals surface area contributed by atoms with Crippen LogP contribution in [0.1, 0.15) is 19.4 Å². The molecule has 2 N–H and O–H groups in total. The summed E-state index contributed by atoms with van der Waals surface area (Å²) in [6.07, 6.45) is -5.10. The van der Waals surface area contributed by atoms with Crippen LogP contribution in [0.4, 0.5) is 18.9 Å². The second-order valence-corrected chi connectivity index (χ2v) is 4.59. The molecule has 0 saturated carbocycles. The number of para-hydroxylation sites is 1. The second kappa shape index (κ2) is 6.67. The van der Waals surface area contributed by atoms with Crippen LogP contribution in [0, 0.1) is 6.92 Å². The van der Waals surface area contributed by atoms with Crippen molar-refractivity contribution in [1.82, 2.24) is 5.32 Å². The Kier molecular flexibility index (Phi) is 5.40. The van der Waals surface area contributed by atoms with Gasteiger partial charge in [0, 0.05) is 12.6 Å². The van der Waals surface area contributed by atoms with Gasteiger partial charge in [0.1, 0.15) is 0 Å². The van der Waals surface area contributed by atoms with Gasteiger partial charge in [-0.1, -0.05) is 18.2 Å². The summed E-state index contributed by atoms with van der Waals surface area (Å²) >= 11 is 0. The quantitative estimate of drug-likeness (QED) is 0.646. The maximum Gasteiger partial charge on any atom is 0.441 e. The van der Waals surface area contributed by atoms with E-state index in [1.54, 1.807) is 24.4 Å². The van der Waals surface area contributed by atoms with Crippen molar-refractivity contribution in [2.75, 3.05) is 11.9 Å². The Morgan fingerprint density at radius 1 is 1.23 bits per heavy atom. The summed E-state index contributed by atoms with van der Waals surface area (Å²) in [7, 11) is 0. The van der Waals surface area contributed by atoms with E-state index in [0.717, 1.165) is 6.92 Å². The molecule has 1 amide bonds. The van der Waals surface area contributed by atoms with Crippen molar-refractivity contribution < 1.29 is 27.5 Å². The molecular weight excluding hydrogens is 301 g/mol. The van der Waals surface area contributed by atoms with Crippen molar-refractivity contribution in [1.29, 1.82) is 0 Å². The number of nitrogens with one attached hydrogen (secondary N) is 2. The number of amides is 1. The molecule has 1 aromatic carbocycles. The van der Waals surface area contributed by atoms with Gasteiger partial charge in [-0.25, -0.2) is 4.79 Å². The number of ether oxygens (including phenoxy) is 1. The molecule has 1 atom stereocenters. The fraction of sp³-hybridized carbons (Fsp3) is 0.429. The SMILES string of the molecule is CCOC(=O)[C@@](NC(C)=O)(Nc1ccccc1C)C(F)(F)F. The number of aryl methyl sites for hydroxylation is 1. The molecule has 22 heavy (non-hydrogen) atoms. The van der Waals surface area contributed by atoms with E-state index in [1.165, 1.54) is 19.1 Å². The van der Waals surface area contributed by atoms with Crippen LogP contribution >= 0.6 is 0 Å². The summed E-state index contributed by atoms with van der Waals surface area (Å²) in [4.78, 5) is 23.2. The van der Waals surface area contributed by atoms with E-state index < -0.39 is 23.7 Å². The number of hydrogen-bond donors (Lipinski definition) is 2. The van der Waals surface area contributed by atoms with Gasteiger partial charge in [-0.05, 0) is 25.5 Å². The van der Waals surface area contributed by atoms with E-state index >= 15 is 0 Å². The zero-order valence-corrected chi connectivity index (χ0v) is 12.4. The predicted octanol–water partition coefficient (Wildman–Crippen LogP) is 2.36. The monoisotopic (exact) mass is 318 g/mol. The molecular formula is C14H17F3N2O3. The molecule has 0 aliphatic heterocycles. The minimum Gasteiger partial charge on any atom is -0.463 e. The molecule has 1 aromatic rings. The predicted molar refractivity (Wildman–Crippen MR) is 74.0 cm³/mol. The second-order valence-electron chi connectivity index (χ2n) is 4.59. The fourth-order valence-corrected chi connectivity index (χ4v) is 1.81. The Hall–Kier alpha value is -2.25. The Morgan fingerprint density at radius 2 is 1.82 bits per heavy atom. The minimum atomic E-state index is -5.10. The fourth-order valence-electron chi connectivity index (χ4n) is 1.81. The Bertz CT molecular complexity index is 561. The standard InChI is InChI=1S/C14H17F3N2O3/c1-4-22-12(21)13(14(15,16)17,18-10(3)20)19-11-8-6-5-7-9(11)2/h5-8,19H,4H2,1-3H3,(H,18,20)/t13-/m1/s1. The first-order valence-electron chi connectivity index (χ1n) is 6.50. The summed E-state index contributed by atoms with van der Waals surface area (Å²) in [6, 6.07) is 6.09. The van der Waals surface area contributed by atoms with Crippen molar-refractivity contribution in [2.45, 2.75) is 32.6 Å². The average molecular weight is 318 g/mol. The number of halogens is 3. The molecule has 0 unspecified atom stereocenters. The van der Waals surface area contributed by atoms with E-state index in [2.05, 4.69) is 10.1 Å². The molecule has 0 aliphatic rings. The number of esters is 1. The zero-order chi connectivity index (χ0) is 17.0. The van der Waals surface area contributed by atoms with Gasteiger partial charge in [-0.2, -0.15) is 13.2 Å². The van der Waals surface area contributed by atoms with Crippen LogP contribution in [-0.2, 0) is 14.3 Å². The van der Waals surface area contributed by atoms with E-state index in [0.29, 0.717) is 5.56 Å². The molecule has 0 heterocycles. The maximum atomic E-state index is 13.5. The van der Waals surface area contributed by atoms with Crippen molar-refractivity contribution in [3.63, 3.8) is 0 Å². The van der Waals surface area contributed by atoms with Gasteiger partial charge in [0.15, 0.2) is 0 Å². The Morgan fingerprint density at radius 3 is 2.27 bits per heavy atom. The van der Waals surface area contributed by atoms with E-state index in [4.69, 9.17) is 0 Å². The van der Waals surface area contributed by atoms with Gasteiger partial charge in [0.25, 0.3) is 0 Å².